The lowest BCUT2D eigenvalue weighted by Crippen LogP contribution is -2.30. The van der Waals surface area contributed by atoms with Crippen molar-refractivity contribution in [2.24, 2.45) is 0 Å². The molecule has 0 N–H and O–H groups in total. The van der Waals surface area contributed by atoms with Gasteiger partial charge < -0.3 is 13.9 Å². The van der Waals surface area contributed by atoms with Gasteiger partial charge in [-0.05, 0) is 26.7 Å². The van der Waals surface area contributed by atoms with Gasteiger partial charge in [0.15, 0.2) is 0 Å². The number of carbonyl (C=O) groups is 1. The molecule has 1 fully saturated rings. The molecule has 0 aromatic carbocycles. The quantitative estimate of drug-likeness (QED) is 0.829. The van der Waals surface area contributed by atoms with E-state index in [0.29, 0.717) is 12.2 Å². The molecule has 19 heavy (non-hydrogen) atoms. The fraction of sp³-hybridized carbons (Fsp3) is 0.462. The van der Waals surface area contributed by atoms with Crippen molar-refractivity contribution in [3.8, 4) is 0 Å². The third kappa shape index (κ3) is 2.14. The Morgan fingerprint density at radius 1 is 1.32 bits per heavy atom. The predicted molar refractivity (Wildman–Crippen MR) is 65.5 cm³/mol. The highest BCUT2D eigenvalue weighted by molar-refractivity contribution is 5.91. The van der Waals surface area contributed by atoms with Gasteiger partial charge in [0, 0.05) is 18.7 Å². The molecule has 100 valence electrons. The molecule has 2 aromatic heterocycles. The van der Waals surface area contributed by atoms with Crippen LogP contribution >= 0.6 is 0 Å². The van der Waals surface area contributed by atoms with Gasteiger partial charge in [0.05, 0.1) is 11.7 Å². The zero-order chi connectivity index (χ0) is 13.4. The monoisotopic (exact) mass is 261 g/mol. The average molecular weight is 261 g/mol. The highest BCUT2D eigenvalue weighted by Crippen LogP contribution is 2.32. The van der Waals surface area contributed by atoms with E-state index in [1.807, 2.05) is 13.0 Å². The first-order valence-electron chi connectivity index (χ1n) is 6.32. The molecule has 1 amide bonds. The Morgan fingerprint density at radius 3 is 2.79 bits per heavy atom. The van der Waals surface area contributed by atoms with Crippen molar-refractivity contribution in [1.82, 2.24) is 15.2 Å². The molecule has 1 aliphatic rings. The number of likely N-dealkylation sites (tertiary alicyclic amines) is 1. The summed E-state index contributed by atoms with van der Waals surface area (Å²) in [6.07, 6.45) is 1.85. The molecule has 0 bridgehead atoms. The fourth-order valence-electron chi connectivity index (χ4n) is 2.47. The lowest BCUT2D eigenvalue weighted by molar-refractivity contribution is 0.0688. The molecule has 0 radical (unpaired) electrons. The van der Waals surface area contributed by atoms with E-state index in [-0.39, 0.29) is 17.7 Å². The number of rotatable bonds is 2. The summed E-state index contributed by atoms with van der Waals surface area (Å²) in [5, 5.41) is 7.77. The topological polar surface area (TPSA) is 72.4 Å². The van der Waals surface area contributed by atoms with Crippen LogP contribution in [-0.2, 0) is 0 Å². The Hall–Kier alpha value is -2.11. The molecule has 2 aromatic rings. The van der Waals surface area contributed by atoms with Crippen LogP contribution in [0.5, 0.6) is 0 Å². The Balaban J connectivity index is 1.85. The van der Waals surface area contributed by atoms with Gasteiger partial charge in [-0.15, -0.1) is 0 Å². The standard InChI is InChI=1S/C13H15N3O3/c1-8-6-12(19-14-8)13(17)16-5-3-4-11(16)10-7-9(2)18-15-10/h6-7,11H,3-5H2,1-2H3. The summed E-state index contributed by atoms with van der Waals surface area (Å²) in [5.74, 6) is 0.901. The minimum Gasteiger partial charge on any atom is -0.361 e. The Labute approximate surface area is 110 Å². The van der Waals surface area contributed by atoms with Crippen LogP contribution < -0.4 is 0 Å². The number of hydrogen-bond donors (Lipinski definition) is 0. The number of nitrogens with zero attached hydrogens (tertiary/aromatic N) is 3. The van der Waals surface area contributed by atoms with Gasteiger partial charge >= 0.3 is 0 Å². The van der Waals surface area contributed by atoms with Crippen molar-refractivity contribution in [1.29, 1.82) is 0 Å². The number of amides is 1. The average Bonchev–Trinajstić information content (AvgIpc) is 3.07. The second-order valence-electron chi connectivity index (χ2n) is 4.85. The maximum absolute atomic E-state index is 12.4. The zero-order valence-electron chi connectivity index (χ0n) is 10.9. The number of aromatic nitrogens is 2. The third-order valence-corrected chi connectivity index (χ3v) is 3.34. The highest BCUT2D eigenvalue weighted by atomic mass is 16.5. The van der Waals surface area contributed by atoms with Gasteiger partial charge in [0.1, 0.15) is 11.5 Å². The van der Waals surface area contributed by atoms with Crippen molar-refractivity contribution in [2.45, 2.75) is 32.7 Å². The normalized spacial score (nSPS) is 19.1. The summed E-state index contributed by atoms with van der Waals surface area (Å²) in [6, 6.07) is 3.50. The fourth-order valence-corrected chi connectivity index (χ4v) is 2.47. The van der Waals surface area contributed by atoms with Gasteiger partial charge in [0.2, 0.25) is 5.76 Å². The largest absolute Gasteiger partial charge is 0.361 e. The minimum atomic E-state index is -0.135. The van der Waals surface area contributed by atoms with Crippen molar-refractivity contribution in [3.63, 3.8) is 0 Å². The summed E-state index contributed by atoms with van der Waals surface area (Å²) in [6.45, 7) is 4.34. The molecule has 1 unspecified atom stereocenters. The third-order valence-electron chi connectivity index (χ3n) is 3.34. The first-order valence-corrected chi connectivity index (χ1v) is 6.32. The van der Waals surface area contributed by atoms with E-state index in [1.54, 1.807) is 17.9 Å². The summed E-state index contributed by atoms with van der Waals surface area (Å²) in [5.41, 5.74) is 1.51. The molecule has 0 aliphatic carbocycles. The van der Waals surface area contributed by atoms with Gasteiger partial charge in [0.25, 0.3) is 5.91 Å². The minimum absolute atomic E-state index is 0.0321. The molecule has 0 spiro atoms. The highest BCUT2D eigenvalue weighted by Gasteiger charge is 2.34. The molecule has 3 heterocycles. The van der Waals surface area contributed by atoms with Crippen molar-refractivity contribution >= 4 is 5.91 Å². The van der Waals surface area contributed by atoms with Gasteiger partial charge in [-0.1, -0.05) is 10.3 Å². The van der Waals surface area contributed by atoms with Crippen LogP contribution in [0, 0.1) is 13.8 Å². The molecular weight excluding hydrogens is 246 g/mol. The van der Waals surface area contributed by atoms with E-state index >= 15 is 0 Å². The smallest absolute Gasteiger partial charge is 0.293 e. The van der Waals surface area contributed by atoms with E-state index in [9.17, 15) is 4.79 Å². The first kappa shape index (κ1) is 12.0. The summed E-state index contributed by atoms with van der Waals surface area (Å²) >= 11 is 0. The molecule has 6 heteroatoms. The molecule has 1 atom stereocenters. The van der Waals surface area contributed by atoms with E-state index in [1.165, 1.54) is 0 Å². The zero-order valence-corrected chi connectivity index (χ0v) is 10.9. The van der Waals surface area contributed by atoms with Crippen LogP contribution in [0.3, 0.4) is 0 Å². The summed E-state index contributed by atoms with van der Waals surface area (Å²) < 4.78 is 10.1. The van der Waals surface area contributed by atoms with Gasteiger partial charge in [-0.2, -0.15) is 0 Å². The van der Waals surface area contributed by atoms with E-state index in [2.05, 4.69) is 10.3 Å². The Bertz CT molecular complexity index is 602. The lowest BCUT2D eigenvalue weighted by Gasteiger charge is -2.21. The summed E-state index contributed by atoms with van der Waals surface area (Å²) in [7, 11) is 0. The molecular formula is C13H15N3O3. The Kier molecular flexibility index (Phi) is 2.85. The maximum atomic E-state index is 12.4. The molecule has 1 aliphatic heterocycles. The molecule has 6 nitrogen and oxygen atoms in total. The molecule has 1 saturated heterocycles. The van der Waals surface area contributed by atoms with E-state index in [0.717, 1.165) is 24.3 Å². The Morgan fingerprint density at radius 2 is 2.16 bits per heavy atom. The number of aryl methyl sites for hydroxylation is 2. The lowest BCUT2D eigenvalue weighted by atomic mass is 10.1. The maximum Gasteiger partial charge on any atom is 0.293 e. The first-order chi connectivity index (χ1) is 9.15. The van der Waals surface area contributed by atoms with Gasteiger partial charge in [-0.25, -0.2) is 0 Å². The van der Waals surface area contributed by atoms with Crippen LogP contribution in [0.25, 0.3) is 0 Å². The molecule has 3 rings (SSSR count). The van der Waals surface area contributed by atoms with Gasteiger partial charge in [-0.3, -0.25) is 4.79 Å². The van der Waals surface area contributed by atoms with Crippen LogP contribution in [-0.4, -0.2) is 27.7 Å². The van der Waals surface area contributed by atoms with Crippen molar-refractivity contribution in [3.05, 3.63) is 35.0 Å². The van der Waals surface area contributed by atoms with Crippen LogP contribution in [0.15, 0.2) is 21.2 Å². The predicted octanol–water partition coefficient (Wildman–Crippen LogP) is 2.26. The molecule has 0 saturated carbocycles. The SMILES string of the molecule is Cc1cc(C(=O)N2CCCC2c2cc(C)on2)on1. The van der Waals surface area contributed by atoms with E-state index in [4.69, 9.17) is 9.05 Å². The van der Waals surface area contributed by atoms with E-state index < -0.39 is 0 Å². The van der Waals surface area contributed by atoms with Crippen LogP contribution in [0.1, 0.15) is 46.6 Å². The van der Waals surface area contributed by atoms with Crippen LogP contribution in [0.4, 0.5) is 0 Å². The number of carbonyl (C=O) groups excluding carboxylic acids is 1. The second kappa shape index (κ2) is 4.53. The van der Waals surface area contributed by atoms with Crippen LogP contribution in [0.2, 0.25) is 0 Å². The number of hydrogen-bond acceptors (Lipinski definition) is 5. The van der Waals surface area contributed by atoms with Crippen molar-refractivity contribution < 1.29 is 13.8 Å². The van der Waals surface area contributed by atoms with Crippen molar-refractivity contribution in [2.75, 3.05) is 6.54 Å². The second-order valence-corrected chi connectivity index (χ2v) is 4.85. The summed E-state index contributed by atoms with van der Waals surface area (Å²) in [4.78, 5) is 14.2.